The summed E-state index contributed by atoms with van der Waals surface area (Å²) in [6.45, 7) is 4.05. The molecule has 4 nitrogen and oxygen atoms in total. The minimum Gasteiger partial charge on any atom is -0.269 e. The van der Waals surface area contributed by atoms with Crippen LogP contribution in [-0.4, -0.2) is 23.8 Å². The highest BCUT2D eigenvalue weighted by Gasteiger charge is 2.30. The third kappa shape index (κ3) is 1.39. The normalized spacial score (nSPS) is 18.6. The predicted molar refractivity (Wildman–Crippen MR) is 41.2 cm³/mol. The van der Waals surface area contributed by atoms with Crippen LogP contribution in [-0.2, 0) is 10.3 Å². The van der Waals surface area contributed by atoms with Crippen molar-refractivity contribution in [3.8, 4) is 0 Å². The van der Waals surface area contributed by atoms with Crippen LogP contribution in [0.3, 0.4) is 0 Å². The molecule has 1 rings (SSSR count). The van der Waals surface area contributed by atoms with Crippen molar-refractivity contribution in [1.82, 2.24) is 4.31 Å². The predicted octanol–water partition coefficient (Wildman–Crippen LogP) is 0.789. The van der Waals surface area contributed by atoms with Crippen LogP contribution in [0.15, 0.2) is 11.3 Å². The number of allylic oxidation sites excluding steroid dienone is 1. The number of rotatable bonds is 2. The Labute approximate surface area is 66.4 Å². The topological polar surface area (TPSA) is 57.6 Å². The van der Waals surface area contributed by atoms with Crippen LogP contribution in [0.5, 0.6) is 0 Å². The molecular weight excluding hydrogens is 166 g/mol. The van der Waals surface area contributed by atoms with E-state index in [0.29, 0.717) is 18.7 Å². The Balaban J connectivity index is 2.88. The molecule has 1 aliphatic heterocycles. The SMILES string of the molecule is CCC1=C(C)CN1S(=O)(=O)O. The second-order valence-electron chi connectivity index (χ2n) is 2.57. The van der Waals surface area contributed by atoms with E-state index < -0.39 is 10.3 Å². The van der Waals surface area contributed by atoms with Gasteiger partial charge in [-0.2, -0.15) is 8.42 Å². The molecule has 1 N–H and O–H groups in total. The van der Waals surface area contributed by atoms with Gasteiger partial charge in [-0.3, -0.25) is 4.55 Å². The molecule has 0 aliphatic carbocycles. The van der Waals surface area contributed by atoms with Crippen LogP contribution in [0, 0.1) is 0 Å². The largest absolute Gasteiger partial charge is 0.360 e. The fraction of sp³-hybridized carbons (Fsp3) is 0.667. The van der Waals surface area contributed by atoms with Crippen LogP contribution in [0.25, 0.3) is 0 Å². The van der Waals surface area contributed by atoms with Crippen molar-refractivity contribution in [2.75, 3.05) is 6.54 Å². The van der Waals surface area contributed by atoms with Crippen molar-refractivity contribution in [2.24, 2.45) is 0 Å². The van der Waals surface area contributed by atoms with Crippen molar-refractivity contribution in [3.63, 3.8) is 0 Å². The van der Waals surface area contributed by atoms with E-state index >= 15 is 0 Å². The molecule has 64 valence electrons. The van der Waals surface area contributed by atoms with E-state index in [0.717, 1.165) is 9.88 Å². The summed E-state index contributed by atoms with van der Waals surface area (Å²) in [4.78, 5) is 0. The monoisotopic (exact) mass is 177 g/mol. The zero-order valence-electron chi connectivity index (χ0n) is 6.53. The number of nitrogens with zero attached hydrogens (tertiary/aromatic N) is 1. The van der Waals surface area contributed by atoms with Crippen LogP contribution < -0.4 is 0 Å². The molecule has 1 aliphatic rings. The first-order valence-corrected chi connectivity index (χ1v) is 4.80. The third-order valence-electron chi connectivity index (χ3n) is 1.79. The van der Waals surface area contributed by atoms with Gasteiger partial charge in [0.15, 0.2) is 0 Å². The van der Waals surface area contributed by atoms with Gasteiger partial charge < -0.3 is 0 Å². The van der Waals surface area contributed by atoms with E-state index in [-0.39, 0.29) is 0 Å². The average Bonchev–Trinajstić information content (AvgIpc) is 1.81. The summed E-state index contributed by atoms with van der Waals surface area (Å²) < 4.78 is 30.8. The molecule has 0 saturated heterocycles. The summed E-state index contributed by atoms with van der Waals surface area (Å²) in [7, 11) is -3.98. The molecule has 0 saturated carbocycles. The first-order valence-electron chi connectivity index (χ1n) is 3.40. The lowest BCUT2D eigenvalue weighted by Crippen LogP contribution is -2.39. The van der Waals surface area contributed by atoms with Gasteiger partial charge in [0.05, 0.1) is 6.54 Å². The first-order chi connectivity index (χ1) is 4.96. The van der Waals surface area contributed by atoms with Gasteiger partial charge >= 0.3 is 10.3 Å². The highest BCUT2D eigenvalue weighted by Crippen LogP contribution is 2.27. The summed E-state index contributed by atoms with van der Waals surface area (Å²) in [5.41, 5.74) is 1.75. The van der Waals surface area contributed by atoms with Crippen LogP contribution in [0.1, 0.15) is 20.3 Å². The molecule has 0 amide bonds. The first kappa shape index (κ1) is 8.55. The van der Waals surface area contributed by atoms with Gasteiger partial charge in [0, 0.05) is 5.70 Å². The molecule has 0 aromatic carbocycles. The zero-order valence-corrected chi connectivity index (χ0v) is 7.35. The fourth-order valence-corrected chi connectivity index (χ4v) is 2.14. The number of hydrogen-bond acceptors (Lipinski definition) is 2. The van der Waals surface area contributed by atoms with E-state index in [1.165, 1.54) is 0 Å². The summed E-state index contributed by atoms with van der Waals surface area (Å²) >= 11 is 0. The maximum absolute atomic E-state index is 10.6. The lowest BCUT2D eigenvalue weighted by atomic mass is 10.1. The molecule has 11 heavy (non-hydrogen) atoms. The Morgan fingerprint density at radius 3 is 2.36 bits per heavy atom. The maximum atomic E-state index is 10.6. The van der Waals surface area contributed by atoms with Gasteiger partial charge in [-0.1, -0.05) is 6.92 Å². The van der Waals surface area contributed by atoms with Gasteiger partial charge in [0.2, 0.25) is 0 Å². The molecule has 0 aromatic heterocycles. The minimum absolute atomic E-state index is 0.335. The van der Waals surface area contributed by atoms with E-state index in [4.69, 9.17) is 4.55 Å². The highest BCUT2D eigenvalue weighted by atomic mass is 32.2. The van der Waals surface area contributed by atoms with E-state index in [1.807, 2.05) is 13.8 Å². The lowest BCUT2D eigenvalue weighted by molar-refractivity contribution is 0.370. The van der Waals surface area contributed by atoms with Gasteiger partial charge in [-0.15, -0.1) is 0 Å². The van der Waals surface area contributed by atoms with Crippen LogP contribution in [0.2, 0.25) is 0 Å². The highest BCUT2D eigenvalue weighted by molar-refractivity contribution is 7.83. The average molecular weight is 177 g/mol. The molecular formula is C6H11NO3S. The molecule has 5 heteroatoms. The Bertz CT molecular complexity index is 291. The second-order valence-corrected chi connectivity index (χ2v) is 3.90. The summed E-state index contributed by atoms with van der Waals surface area (Å²) in [6.07, 6.45) is 0.644. The molecule has 1 heterocycles. The fourth-order valence-electron chi connectivity index (χ4n) is 1.22. The molecule has 0 atom stereocenters. The van der Waals surface area contributed by atoms with Crippen molar-refractivity contribution in [3.05, 3.63) is 11.3 Å². The Morgan fingerprint density at radius 1 is 1.64 bits per heavy atom. The third-order valence-corrected chi connectivity index (χ3v) is 2.69. The standard InChI is InChI=1S/C6H11NO3S/c1-3-6-5(2)4-7(6)11(8,9)10/h3-4H2,1-2H3,(H,8,9,10). The Hall–Kier alpha value is -0.550. The van der Waals surface area contributed by atoms with Crippen LogP contribution in [0.4, 0.5) is 0 Å². The summed E-state index contributed by atoms with van der Waals surface area (Å²) in [5.74, 6) is 0. The number of hydrogen-bond donors (Lipinski definition) is 1. The maximum Gasteiger partial charge on any atom is 0.360 e. The molecule has 0 bridgehead atoms. The van der Waals surface area contributed by atoms with Crippen molar-refractivity contribution in [1.29, 1.82) is 0 Å². The van der Waals surface area contributed by atoms with E-state index in [1.54, 1.807) is 0 Å². The van der Waals surface area contributed by atoms with Gasteiger partial charge in [-0.05, 0) is 18.9 Å². The van der Waals surface area contributed by atoms with Gasteiger partial charge in [0.25, 0.3) is 0 Å². The molecule has 0 aromatic rings. The quantitative estimate of drug-likeness (QED) is 0.634. The van der Waals surface area contributed by atoms with Gasteiger partial charge in [-0.25, -0.2) is 4.31 Å². The van der Waals surface area contributed by atoms with E-state index in [9.17, 15) is 8.42 Å². The van der Waals surface area contributed by atoms with Crippen molar-refractivity contribution in [2.45, 2.75) is 20.3 Å². The van der Waals surface area contributed by atoms with Crippen molar-refractivity contribution >= 4 is 10.3 Å². The molecule has 0 fully saturated rings. The summed E-state index contributed by atoms with van der Waals surface area (Å²) in [5, 5.41) is 0. The molecule has 0 radical (unpaired) electrons. The summed E-state index contributed by atoms with van der Waals surface area (Å²) in [6, 6.07) is 0. The van der Waals surface area contributed by atoms with E-state index in [2.05, 4.69) is 0 Å². The zero-order chi connectivity index (χ0) is 8.65. The molecule has 0 unspecified atom stereocenters. The van der Waals surface area contributed by atoms with Crippen molar-refractivity contribution < 1.29 is 13.0 Å². The minimum atomic E-state index is -3.98. The Kier molecular flexibility index (Phi) is 1.94. The van der Waals surface area contributed by atoms with Gasteiger partial charge in [0.1, 0.15) is 0 Å². The Morgan fingerprint density at radius 2 is 2.18 bits per heavy atom. The lowest BCUT2D eigenvalue weighted by Gasteiger charge is -2.33. The second kappa shape index (κ2) is 2.49. The van der Waals surface area contributed by atoms with Crippen LogP contribution >= 0.6 is 0 Å². The molecule has 0 spiro atoms. The smallest absolute Gasteiger partial charge is 0.269 e.